The van der Waals surface area contributed by atoms with Gasteiger partial charge in [-0.25, -0.2) is 4.39 Å². The number of hydrogen-bond acceptors (Lipinski definition) is 4. The van der Waals surface area contributed by atoms with Gasteiger partial charge in [-0.05, 0) is 31.0 Å². The van der Waals surface area contributed by atoms with Crippen molar-refractivity contribution in [2.45, 2.75) is 25.1 Å². The van der Waals surface area contributed by atoms with Crippen molar-refractivity contribution in [1.82, 2.24) is 19.7 Å². The molecule has 4 rings (SSSR count). The van der Waals surface area contributed by atoms with Crippen LogP contribution in [0.1, 0.15) is 45.3 Å². The number of alkyl halides is 3. The van der Waals surface area contributed by atoms with Gasteiger partial charge in [0.2, 0.25) is 0 Å². The van der Waals surface area contributed by atoms with Gasteiger partial charge in [-0.3, -0.25) is 19.2 Å². The first-order valence-corrected chi connectivity index (χ1v) is 11.3. The molecule has 186 valence electrons. The lowest BCUT2D eigenvalue weighted by Gasteiger charge is -2.32. The molecule has 3 heterocycles. The average Bonchev–Trinajstić information content (AvgIpc) is 3.46. The van der Waals surface area contributed by atoms with Crippen LogP contribution in [0.3, 0.4) is 0 Å². The van der Waals surface area contributed by atoms with Crippen LogP contribution in [0.5, 0.6) is 0 Å². The first-order chi connectivity index (χ1) is 16.5. The average molecular weight is 532 g/mol. The zero-order valence-electron chi connectivity index (χ0n) is 18.0. The topological polar surface area (TPSA) is 83.0 Å². The summed E-state index contributed by atoms with van der Waals surface area (Å²) in [5, 5.41) is 6.49. The van der Waals surface area contributed by atoms with E-state index in [2.05, 4.69) is 15.4 Å². The van der Waals surface area contributed by atoms with Crippen LogP contribution in [-0.4, -0.2) is 57.2 Å². The number of amides is 1. The van der Waals surface area contributed by atoms with Gasteiger partial charge in [-0.2, -0.15) is 18.3 Å². The molecule has 0 saturated carbocycles. The molecule has 1 fully saturated rings. The Morgan fingerprint density at radius 3 is 2.54 bits per heavy atom. The van der Waals surface area contributed by atoms with Gasteiger partial charge in [0.1, 0.15) is 5.69 Å². The molecule has 2 aromatic heterocycles. The van der Waals surface area contributed by atoms with E-state index < -0.39 is 35.8 Å². The monoisotopic (exact) mass is 531 g/mol. The molecular formula is C22H19Cl2F4N5O2. The number of benzene rings is 1. The number of aromatic nitrogens is 3. The summed E-state index contributed by atoms with van der Waals surface area (Å²) in [7, 11) is 0. The van der Waals surface area contributed by atoms with Gasteiger partial charge in [0.15, 0.2) is 11.6 Å². The molecule has 0 spiro atoms. The van der Waals surface area contributed by atoms with Crippen molar-refractivity contribution in [3.8, 4) is 0 Å². The van der Waals surface area contributed by atoms with Crippen LogP contribution in [0.4, 0.5) is 23.2 Å². The summed E-state index contributed by atoms with van der Waals surface area (Å²) >= 11 is 11.7. The highest BCUT2D eigenvalue weighted by Crippen LogP contribution is 2.29. The summed E-state index contributed by atoms with van der Waals surface area (Å²) in [6.45, 7) is -0.346. The fraction of sp³-hybridized carbons (Fsp3) is 0.318. The van der Waals surface area contributed by atoms with Crippen molar-refractivity contribution in [2.75, 3.05) is 25.0 Å². The van der Waals surface area contributed by atoms with Gasteiger partial charge in [0.05, 0.1) is 40.1 Å². The molecular weight excluding hydrogens is 513 g/mol. The minimum absolute atomic E-state index is 0.0135. The number of halogens is 6. The summed E-state index contributed by atoms with van der Waals surface area (Å²) in [6.07, 6.45) is 1.04. The number of hydrogen-bond donors (Lipinski definition) is 2. The van der Waals surface area contributed by atoms with E-state index in [-0.39, 0.29) is 27.3 Å². The molecule has 0 radical (unpaired) electrons. The van der Waals surface area contributed by atoms with Crippen LogP contribution in [0.25, 0.3) is 0 Å². The van der Waals surface area contributed by atoms with Crippen LogP contribution in [0.2, 0.25) is 10.0 Å². The Kier molecular flexibility index (Phi) is 7.20. The molecule has 0 bridgehead atoms. The van der Waals surface area contributed by atoms with Crippen molar-refractivity contribution in [2.24, 2.45) is 0 Å². The lowest BCUT2D eigenvalue weighted by molar-refractivity contribution is -0.148. The maximum atomic E-state index is 14.3. The van der Waals surface area contributed by atoms with Crippen molar-refractivity contribution in [3.05, 3.63) is 69.5 Å². The molecule has 1 saturated heterocycles. The molecule has 1 aliphatic rings. The Hall–Kier alpha value is -2.89. The minimum Gasteiger partial charge on any atom is -0.356 e. The number of nitrogens with one attached hydrogen (secondary N) is 2. The van der Waals surface area contributed by atoms with Gasteiger partial charge in [-0.1, -0.05) is 23.2 Å². The predicted octanol–water partition coefficient (Wildman–Crippen LogP) is 5.34. The van der Waals surface area contributed by atoms with Gasteiger partial charge in [0.25, 0.3) is 5.91 Å². The maximum Gasteiger partial charge on any atom is 0.401 e. The number of carbonyl (C=O) groups is 2. The summed E-state index contributed by atoms with van der Waals surface area (Å²) in [4.78, 5) is 29.3. The second-order valence-electron chi connectivity index (χ2n) is 8.13. The van der Waals surface area contributed by atoms with Crippen LogP contribution >= 0.6 is 23.2 Å². The van der Waals surface area contributed by atoms with Crippen LogP contribution in [0.15, 0.2) is 36.8 Å². The van der Waals surface area contributed by atoms with E-state index in [0.29, 0.717) is 31.6 Å². The Morgan fingerprint density at radius 1 is 1.17 bits per heavy atom. The Balaban J connectivity index is 1.38. The van der Waals surface area contributed by atoms with Gasteiger partial charge >= 0.3 is 6.18 Å². The van der Waals surface area contributed by atoms with Gasteiger partial charge in [0, 0.05) is 31.0 Å². The predicted molar refractivity (Wildman–Crippen MR) is 122 cm³/mol. The van der Waals surface area contributed by atoms with E-state index in [1.807, 2.05) is 0 Å². The molecule has 1 aliphatic heterocycles. The number of rotatable bonds is 6. The number of ketones is 1. The van der Waals surface area contributed by atoms with Crippen molar-refractivity contribution in [3.63, 3.8) is 0 Å². The summed E-state index contributed by atoms with van der Waals surface area (Å²) < 4.78 is 53.6. The SMILES string of the molecule is O=C(Nc1cnn(C2CCN(CC(F)(F)F)CC2)c1)c1cc(C(=O)c2c(Cl)ccc(Cl)c2F)c[nH]1. The van der Waals surface area contributed by atoms with Crippen LogP contribution in [0, 0.1) is 5.82 Å². The van der Waals surface area contributed by atoms with Crippen molar-refractivity contribution >= 4 is 40.6 Å². The zero-order chi connectivity index (χ0) is 25.3. The summed E-state index contributed by atoms with van der Waals surface area (Å²) in [6, 6.07) is 3.71. The fourth-order valence-electron chi connectivity index (χ4n) is 3.93. The molecule has 1 aromatic carbocycles. The number of likely N-dealkylation sites (tertiary alicyclic amines) is 1. The fourth-order valence-corrected chi connectivity index (χ4v) is 4.32. The second-order valence-corrected chi connectivity index (χ2v) is 8.95. The number of carbonyl (C=O) groups excluding carboxylic acids is 2. The van der Waals surface area contributed by atoms with E-state index in [1.54, 1.807) is 10.9 Å². The summed E-state index contributed by atoms with van der Waals surface area (Å²) in [5.74, 6) is -2.26. The summed E-state index contributed by atoms with van der Waals surface area (Å²) in [5.41, 5.74) is 0.0338. The number of anilines is 1. The Labute approximate surface area is 207 Å². The van der Waals surface area contributed by atoms with E-state index in [4.69, 9.17) is 23.2 Å². The number of nitrogens with zero attached hydrogens (tertiary/aromatic N) is 3. The minimum atomic E-state index is -4.23. The third-order valence-electron chi connectivity index (χ3n) is 5.65. The number of piperidine rings is 1. The van der Waals surface area contributed by atoms with E-state index in [9.17, 15) is 27.2 Å². The van der Waals surface area contributed by atoms with E-state index in [1.165, 1.54) is 35.5 Å². The lowest BCUT2D eigenvalue weighted by atomic mass is 10.0. The highest BCUT2D eigenvalue weighted by Gasteiger charge is 2.33. The van der Waals surface area contributed by atoms with Crippen molar-refractivity contribution in [1.29, 1.82) is 0 Å². The Morgan fingerprint density at radius 2 is 1.86 bits per heavy atom. The third kappa shape index (κ3) is 5.85. The van der Waals surface area contributed by atoms with Crippen LogP contribution < -0.4 is 5.32 Å². The molecule has 0 unspecified atom stereocenters. The van der Waals surface area contributed by atoms with Gasteiger partial charge < -0.3 is 10.3 Å². The van der Waals surface area contributed by atoms with E-state index >= 15 is 0 Å². The normalized spacial score (nSPS) is 15.4. The zero-order valence-corrected chi connectivity index (χ0v) is 19.5. The van der Waals surface area contributed by atoms with Crippen molar-refractivity contribution < 1.29 is 27.2 Å². The maximum absolute atomic E-state index is 14.3. The highest BCUT2D eigenvalue weighted by molar-refractivity contribution is 6.37. The third-order valence-corrected chi connectivity index (χ3v) is 6.26. The number of aromatic amines is 1. The molecule has 7 nitrogen and oxygen atoms in total. The van der Waals surface area contributed by atoms with Gasteiger partial charge in [-0.15, -0.1) is 0 Å². The number of H-pyrrole nitrogens is 1. The standard InChI is InChI=1S/C22H19Cl2F4N5O2/c23-15-1-2-16(24)19(25)18(15)20(34)12-7-17(29-8-12)21(35)31-13-9-30-33(10-13)14-3-5-32(6-4-14)11-22(26,27)28/h1-2,7-10,14,29H,3-6,11H2,(H,31,35). The molecule has 35 heavy (non-hydrogen) atoms. The molecule has 1 amide bonds. The lowest BCUT2D eigenvalue weighted by Crippen LogP contribution is -2.40. The smallest absolute Gasteiger partial charge is 0.356 e. The first kappa shape index (κ1) is 25.2. The molecule has 13 heteroatoms. The quantitative estimate of drug-likeness (QED) is 0.255. The molecule has 0 aliphatic carbocycles. The highest BCUT2D eigenvalue weighted by atomic mass is 35.5. The largest absolute Gasteiger partial charge is 0.401 e. The van der Waals surface area contributed by atoms with Crippen LogP contribution in [-0.2, 0) is 0 Å². The molecule has 3 aromatic rings. The van der Waals surface area contributed by atoms with E-state index in [0.717, 1.165) is 0 Å². The molecule has 2 N–H and O–H groups in total. The Bertz CT molecular complexity index is 1250. The first-order valence-electron chi connectivity index (χ1n) is 10.5. The second kappa shape index (κ2) is 10.00. The molecule has 0 atom stereocenters.